The van der Waals surface area contributed by atoms with Crippen LogP contribution in [0.3, 0.4) is 0 Å². The van der Waals surface area contributed by atoms with Gasteiger partial charge >= 0.3 is 0 Å². The van der Waals surface area contributed by atoms with Crippen LogP contribution in [0.2, 0.25) is 0 Å². The smallest absolute Gasteiger partial charge is 0.294 e. The van der Waals surface area contributed by atoms with Gasteiger partial charge in [0.1, 0.15) is 6.61 Å². The zero-order valence-corrected chi connectivity index (χ0v) is 11.6. The van der Waals surface area contributed by atoms with Crippen molar-refractivity contribution >= 4 is 17.9 Å². The van der Waals surface area contributed by atoms with Gasteiger partial charge < -0.3 is 10.2 Å². The van der Waals surface area contributed by atoms with Crippen LogP contribution in [0, 0.1) is 20.4 Å². The van der Waals surface area contributed by atoms with Crippen molar-refractivity contribution in [3.8, 4) is 0 Å². The van der Waals surface area contributed by atoms with Crippen LogP contribution < -0.4 is 5.32 Å². The van der Waals surface area contributed by atoms with E-state index in [2.05, 4.69) is 14.7 Å². The monoisotopic (exact) mass is 279 g/mol. The number of rotatable bonds is 8. The van der Waals surface area contributed by atoms with Gasteiger partial charge in [-0.05, 0) is 27.7 Å². The molecular formula is C9H17N3O5S. The summed E-state index contributed by atoms with van der Waals surface area (Å²) < 4.78 is 2.18. The predicted molar refractivity (Wildman–Crippen MR) is 67.2 cm³/mol. The quantitative estimate of drug-likeness (QED) is 0.312. The number of nitrogens with zero attached hydrogens (tertiary/aromatic N) is 2. The summed E-state index contributed by atoms with van der Waals surface area (Å²) in [4.78, 5) is 36.2. The molecule has 0 aliphatic rings. The summed E-state index contributed by atoms with van der Waals surface area (Å²) in [6.45, 7) is 6.46. The van der Waals surface area contributed by atoms with E-state index in [1.54, 1.807) is 13.8 Å². The maximum absolute atomic E-state index is 11.8. The van der Waals surface area contributed by atoms with Crippen LogP contribution in [0.1, 0.15) is 27.7 Å². The van der Waals surface area contributed by atoms with Crippen LogP contribution in [-0.4, -0.2) is 28.9 Å². The van der Waals surface area contributed by atoms with Crippen molar-refractivity contribution in [3.63, 3.8) is 0 Å². The lowest BCUT2D eigenvalue weighted by Crippen LogP contribution is -2.44. The second-order valence-electron chi connectivity index (χ2n) is 4.99. The third-order valence-corrected chi connectivity index (χ3v) is 2.82. The van der Waals surface area contributed by atoms with Crippen molar-refractivity contribution in [1.82, 2.24) is 5.32 Å². The Bertz CT molecular complexity index is 332. The van der Waals surface area contributed by atoms with E-state index in [9.17, 15) is 19.8 Å². The van der Waals surface area contributed by atoms with Gasteiger partial charge in [0.05, 0.1) is 10.2 Å². The number of amides is 1. The number of hydrogen-bond acceptors (Lipinski definition) is 7. The lowest BCUT2D eigenvalue weighted by atomic mass is 9.93. The van der Waals surface area contributed by atoms with Crippen molar-refractivity contribution in [2.45, 2.75) is 32.4 Å². The molecule has 0 aromatic carbocycles. The molecule has 0 heterocycles. The van der Waals surface area contributed by atoms with Gasteiger partial charge in [-0.15, -0.1) is 15.0 Å². The third-order valence-electron chi connectivity index (χ3n) is 2.10. The van der Waals surface area contributed by atoms with Gasteiger partial charge in [-0.1, -0.05) is 0 Å². The minimum atomic E-state index is -1.03. The Labute approximate surface area is 109 Å². The van der Waals surface area contributed by atoms with Crippen LogP contribution in [0.5, 0.6) is 0 Å². The van der Waals surface area contributed by atoms with E-state index in [4.69, 9.17) is 0 Å². The molecule has 0 saturated heterocycles. The van der Waals surface area contributed by atoms with Crippen LogP contribution in [-0.2, 0) is 9.63 Å². The fraction of sp³-hybridized carbons (Fsp3) is 0.889. The van der Waals surface area contributed by atoms with E-state index in [-0.39, 0.29) is 19.1 Å². The van der Waals surface area contributed by atoms with Gasteiger partial charge in [-0.25, -0.2) is 0 Å². The summed E-state index contributed by atoms with van der Waals surface area (Å²) in [5.74, 6) is -0.385. The highest BCUT2D eigenvalue weighted by Crippen LogP contribution is 2.24. The van der Waals surface area contributed by atoms with Gasteiger partial charge in [-0.2, -0.15) is 0 Å². The molecule has 1 N–H and O–H groups in total. The van der Waals surface area contributed by atoms with E-state index in [1.165, 1.54) is 13.8 Å². The molecule has 0 fully saturated rings. The summed E-state index contributed by atoms with van der Waals surface area (Å²) >= 11 is 0.820. The summed E-state index contributed by atoms with van der Waals surface area (Å²) in [6.07, 6.45) is 0. The molecule has 0 bridgehead atoms. The standard InChI is InChI=1S/C9H17N3O5S/c1-8(2,6-17-12(15)16)7(13)10-5-9(3,4)18-11-14/h5-6H2,1-4H3,(H,10,13). The van der Waals surface area contributed by atoms with Crippen LogP contribution in [0.25, 0.3) is 0 Å². The summed E-state index contributed by atoms with van der Waals surface area (Å²) in [6, 6.07) is 0. The average molecular weight is 279 g/mol. The van der Waals surface area contributed by atoms with Crippen molar-refractivity contribution in [2.24, 2.45) is 10.00 Å². The lowest BCUT2D eigenvalue weighted by Gasteiger charge is -2.25. The van der Waals surface area contributed by atoms with Crippen LogP contribution in [0.4, 0.5) is 0 Å². The first-order chi connectivity index (χ1) is 8.10. The minimum absolute atomic E-state index is 0.226. The number of carbonyl (C=O) groups is 1. The fourth-order valence-electron chi connectivity index (χ4n) is 0.945. The zero-order chi connectivity index (χ0) is 14.4. The van der Waals surface area contributed by atoms with E-state index in [0.717, 1.165) is 11.9 Å². The second kappa shape index (κ2) is 6.53. The third kappa shape index (κ3) is 6.38. The maximum atomic E-state index is 11.8. The Morgan fingerprint density at radius 1 is 1.44 bits per heavy atom. The van der Waals surface area contributed by atoms with Crippen molar-refractivity contribution in [2.75, 3.05) is 13.2 Å². The fourth-order valence-corrected chi connectivity index (χ4v) is 1.28. The lowest BCUT2D eigenvalue weighted by molar-refractivity contribution is -0.760. The molecule has 1 amide bonds. The van der Waals surface area contributed by atoms with Crippen LogP contribution >= 0.6 is 11.9 Å². The highest BCUT2D eigenvalue weighted by Gasteiger charge is 2.31. The molecule has 0 unspecified atom stereocenters. The van der Waals surface area contributed by atoms with Gasteiger partial charge in [0.25, 0.3) is 5.09 Å². The van der Waals surface area contributed by atoms with Crippen LogP contribution in [0.15, 0.2) is 4.58 Å². The Kier molecular flexibility index (Phi) is 6.02. The molecule has 0 spiro atoms. The minimum Gasteiger partial charge on any atom is -0.354 e. The Hall–Kier alpha value is -1.38. The molecular weight excluding hydrogens is 262 g/mol. The van der Waals surface area contributed by atoms with Crippen molar-refractivity contribution in [3.05, 3.63) is 15.0 Å². The number of nitrogens with one attached hydrogen (secondary N) is 1. The molecule has 0 radical (unpaired) electrons. The SMILES string of the molecule is CC(C)(CNC(=O)C(C)(C)CO[N+](=O)[O-])SN=O. The summed E-state index contributed by atoms with van der Waals surface area (Å²) in [5.41, 5.74) is -1.03. The molecule has 8 nitrogen and oxygen atoms in total. The summed E-state index contributed by atoms with van der Waals surface area (Å²) in [7, 11) is 0. The molecule has 0 aliphatic heterocycles. The number of nitroso groups, excluding NO2 is 1. The molecule has 0 aromatic heterocycles. The van der Waals surface area contributed by atoms with Crippen molar-refractivity contribution in [1.29, 1.82) is 0 Å². The Balaban J connectivity index is 4.30. The molecule has 18 heavy (non-hydrogen) atoms. The first-order valence-electron chi connectivity index (χ1n) is 5.17. The molecule has 0 atom stereocenters. The molecule has 104 valence electrons. The largest absolute Gasteiger partial charge is 0.354 e. The van der Waals surface area contributed by atoms with Gasteiger partial charge in [0.15, 0.2) is 0 Å². The highest BCUT2D eigenvalue weighted by molar-refractivity contribution is 7.99. The number of carbonyl (C=O) groups excluding carboxylic acids is 1. The molecule has 9 heteroatoms. The second-order valence-corrected chi connectivity index (χ2v) is 6.43. The number of hydrogen-bond donors (Lipinski definition) is 1. The molecule has 0 rings (SSSR count). The summed E-state index contributed by atoms with van der Waals surface area (Å²) in [5, 5.41) is 11.7. The zero-order valence-electron chi connectivity index (χ0n) is 10.8. The molecule has 0 saturated carbocycles. The highest BCUT2D eigenvalue weighted by atomic mass is 32.2. The van der Waals surface area contributed by atoms with E-state index < -0.39 is 15.2 Å². The Morgan fingerprint density at radius 2 is 2.00 bits per heavy atom. The first-order valence-corrected chi connectivity index (χ1v) is 5.94. The van der Waals surface area contributed by atoms with Gasteiger partial charge in [0, 0.05) is 23.1 Å². The van der Waals surface area contributed by atoms with E-state index in [0.29, 0.717) is 0 Å². The topological polar surface area (TPSA) is 111 Å². The van der Waals surface area contributed by atoms with Gasteiger partial charge in [-0.3, -0.25) is 4.79 Å². The maximum Gasteiger partial charge on any atom is 0.294 e. The first kappa shape index (κ1) is 16.6. The molecule has 0 aliphatic carbocycles. The molecule has 0 aromatic rings. The Morgan fingerprint density at radius 3 is 2.44 bits per heavy atom. The van der Waals surface area contributed by atoms with Gasteiger partial charge in [0.2, 0.25) is 5.91 Å². The normalized spacial score (nSPS) is 11.8. The van der Waals surface area contributed by atoms with E-state index in [1.807, 2.05) is 0 Å². The van der Waals surface area contributed by atoms with E-state index >= 15 is 0 Å². The van der Waals surface area contributed by atoms with Crippen molar-refractivity contribution < 1.29 is 14.7 Å². The predicted octanol–water partition coefficient (Wildman–Crippen LogP) is 1.53. The average Bonchev–Trinajstić information content (AvgIpc) is 2.23.